The van der Waals surface area contributed by atoms with Crippen molar-refractivity contribution in [3.63, 3.8) is 0 Å². The summed E-state index contributed by atoms with van der Waals surface area (Å²) in [4.78, 5) is 10.3. The zero-order chi connectivity index (χ0) is 9.40. The van der Waals surface area contributed by atoms with Crippen LogP contribution in [0.1, 0.15) is 39.0 Å². The topological polar surface area (TPSA) is 57.5 Å². The van der Waals surface area contributed by atoms with Gasteiger partial charge in [0.2, 0.25) is 1.43 Å². The van der Waals surface area contributed by atoms with Gasteiger partial charge in [0.15, 0.2) is 6.10 Å². The summed E-state index contributed by atoms with van der Waals surface area (Å²) in [6, 6.07) is 0. The molecule has 0 amide bonds. The first-order valence-electron chi connectivity index (χ1n) is 4.48. The van der Waals surface area contributed by atoms with Crippen LogP contribution in [0.2, 0.25) is 0 Å². The van der Waals surface area contributed by atoms with E-state index in [1.807, 2.05) is 0 Å². The number of unbranched alkanes of at least 4 members (excludes halogenated alkanes) is 3. The monoisotopic (exact) mass is 161 g/mol. The van der Waals surface area contributed by atoms with Crippen molar-refractivity contribution in [1.82, 2.24) is 0 Å². The molecule has 0 saturated carbocycles. The molecule has 3 nitrogen and oxygen atoms in total. The van der Waals surface area contributed by atoms with Crippen molar-refractivity contribution in [2.45, 2.75) is 45.1 Å². The van der Waals surface area contributed by atoms with Crippen molar-refractivity contribution in [2.75, 3.05) is 0 Å². The number of aliphatic hydroxyl groups excluding tert-OH is 1. The summed E-state index contributed by atoms with van der Waals surface area (Å²) in [5, 5.41) is 12.5. The Kier molecular flexibility index (Phi) is 4.77. The van der Waals surface area contributed by atoms with E-state index >= 15 is 0 Å². The first-order chi connectivity index (χ1) is 5.72. The average molecular weight is 161 g/mol. The number of hydrogen-bond donors (Lipinski definition) is 2. The second-order valence-corrected chi connectivity index (χ2v) is 2.68. The van der Waals surface area contributed by atoms with Crippen LogP contribution in [-0.4, -0.2) is 23.7 Å². The fraction of sp³-hybridized carbons (Fsp3) is 0.875. The van der Waals surface area contributed by atoms with E-state index in [1.165, 1.54) is 0 Å². The van der Waals surface area contributed by atoms with Gasteiger partial charge >= 0.3 is 5.97 Å². The SMILES string of the molecule is [2H]OC(CCCCCC)C(=O)O. The summed E-state index contributed by atoms with van der Waals surface area (Å²) < 4.78 is 6.49. The van der Waals surface area contributed by atoms with Crippen molar-refractivity contribution in [1.29, 1.82) is 1.43 Å². The normalized spacial score (nSPS) is 14.1. The van der Waals surface area contributed by atoms with Crippen LogP contribution in [0.4, 0.5) is 0 Å². The van der Waals surface area contributed by atoms with Crippen molar-refractivity contribution in [3.8, 4) is 0 Å². The van der Waals surface area contributed by atoms with Crippen LogP contribution >= 0.6 is 0 Å². The number of carboxylic acid groups (broad SMARTS) is 1. The van der Waals surface area contributed by atoms with Crippen LogP contribution in [0.15, 0.2) is 0 Å². The summed E-state index contributed by atoms with van der Waals surface area (Å²) in [6.07, 6.45) is 3.58. The molecule has 11 heavy (non-hydrogen) atoms. The van der Waals surface area contributed by atoms with Crippen molar-refractivity contribution < 1.29 is 15.0 Å². The van der Waals surface area contributed by atoms with Crippen molar-refractivity contribution >= 4 is 5.97 Å². The average Bonchev–Trinajstić information content (AvgIpc) is 2.04. The second-order valence-electron chi connectivity index (χ2n) is 2.68. The summed E-state index contributed by atoms with van der Waals surface area (Å²) in [6.45, 7) is 2.09. The minimum absolute atomic E-state index is 0.443. The Morgan fingerprint density at radius 3 is 2.73 bits per heavy atom. The maximum atomic E-state index is 10.3. The molecule has 0 aliphatic heterocycles. The van der Waals surface area contributed by atoms with E-state index in [4.69, 9.17) is 6.54 Å². The highest BCUT2D eigenvalue weighted by molar-refractivity contribution is 5.71. The van der Waals surface area contributed by atoms with Gasteiger partial charge in [0, 0.05) is 0 Å². The van der Waals surface area contributed by atoms with Gasteiger partial charge in [-0.25, -0.2) is 4.79 Å². The molecule has 2 N–H and O–H groups in total. The Morgan fingerprint density at radius 2 is 2.27 bits per heavy atom. The van der Waals surface area contributed by atoms with E-state index in [9.17, 15) is 4.79 Å². The largest absolute Gasteiger partial charge is 0.479 e. The van der Waals surface area contributed by atoms with E-state index in [0.717, 1.165) is 25.7 Å². The highest BCUT2D eigenvalue weighted by Crippen LogP contribution is 2.05. The molecular weight excluding hydrogens is 144 g/mol. The van der Waals surface area contributed by atoms with E-state index in [1.54, 1.807) is 0 Å². The maximum Gasteiger partial charge on any atom is 0.332 e. The third-order valence-electron chi connectivity index (χ3n) is 1.60. The van der Waals surface area contributed by atoms with Gasteiger partial charge in [-0.2, -0.15) is 0 Å². The van der Waals surface area contributed by atoms with E-state index in [2.05, 4.69) is 12.0 Å². The summed E-state index contributed by atoms with van der Waals surface area (Å²) in [5.74, 6) is -1.04. The number of aliphatic hydroxyl groups is 1. The van der Waals surface area contributed by atoms with Gasteiger partial charge in [-0.15, -0.1) is 0 Å². The van der Waals surface area contributed by atoms with Gasteiger partial charge in [-0.1, -0.05) is 32.6 Å². The fourth-order valence-corrected chi connectivity index (χ4v) is 0.880. The quantitative estimate of drug-likeness (QED) is 0.555. The molecule has 0 aliphatic carbocycles. The molecule has 0 aromatic rings. The third-order valence-corrected chi connectivity index (χ3v) is 1.60. The van der Waals surface area contributed by atoms with Crippen LogP contribution in [0, 0.1) is 0 Å². The van der Waals surface area contributed by atoms with Crippen LogP contribution in [-0.2, 0) is 4.79 Å². The van der Waals surface area contributed by atoms with Gasteiger partial charge in [0.1, 0.15) is 0 Å². The Morgan fingerprint density at radius 1 is 1.55 bits per heavy atom. The lowest BCUT2D eigenvalue weighted by molar-refractivity contribution is -0.146. The molecule has 0 fully saturated rings. The molecule has 3 heteroatoms. The lowest BCUT2D eigenvalue weighted by atomic mass is 10.1. The smallest absolute Gasteiger partial charge is 0.332 e. The van der Waals surface area contributed by atoms with Crippen molar-refractivity contribution in [3.05, 3.63) is 0 Å². The minimum Gasteiger partial charge on any atom is -0.479 e. The minimum atomic E-state index is -1.04. The van der Waals surface area contributed by atoms with Gasteiger partial charge < -0.3 is 10.2 Å². The molecule has 0 saturated heterocycles. The number of carboxylic acids is 1. The number of hydrogen-bond acceptors (Lipinski definition) is 2. The summed E-state index contributed by atoms with van der Waals surface area (Å²) in [7, 11) is 0. The number of carbonyl (C=O) groups is 1. The van der Waals surface area contributed by atoms with Gasteiger partial charge in [0.25, 0.3) is 0 Å². The summed E-state index contributed by atoms with van der Waals surface area (Å²) >= 11 is 0. The highest BCUT2D eigenvalue weighted by atomic mass is 16.4. The molecule has 0 rings (SSSR count). The zero-order valence-electron chi connectivity index (χ0n) is 7.88. The number of aliphatic carboxylic acids is 1. The molecule has 0 aromatic heterocycles. The number of rotatable bonds is 7. The van der Waals surface area contributed by atoms with Crippen LogP contribution in [0.5, 0.6) is 0 Å². The molecule has 1 unspecified atom stereocenters. The fourth-order valence-electron chi connectivity index (χ4n) is 0.880. The third kappa shape index (κ3) is 5.85. The molecule has 0 bridgehead atoms. The Balaban J connectivity index is 3.38. The Labute approximate surface area is 68.5 Å². The lowest BCUT2D eigenvalue weighted by Gasteiger charge is -2.03. The molecule has 0 radical (unpaired) electrons. The van der Waals surface area contributed by atoms with Crippen molar-refractivity contribution in [2.24, 2.45) is 0 Å². The highest BCUT2D eigenvalue weighted by Gasteiger charge is 2.11. The van der Waals surface area contributed by atoms with Gasteiger partial charge in [-0.05, 0) is 6.42 Å². The summed E-state index contributed by atoms with van der Waals surface area (Å²) in [5.41, 5.74) is 0. The van der Waals surface area contributed by atoms with Gasteiger partial charge in [-0.3, -0.25) is 0 Å². The van der Waals surface area contributed by atoms with E-state index in [-0.39, 0.29) is 0 Å². The van der Waals surface area contributed by atoms with Crippen LogP contribution < -0.4 is 0 Å². The molecule has 66 valence electrons. The van der Waals surface area contributed by atoms with Crippen LogP contribution in [0.25, 0.3) is 0 Å². The second kappa shape index (κ2) is 6.16. The zero-order valence-corrected chi connectivity index (χ0v) is 6.88. The van der Waals surface area contributed by atoms with E-state index < -0.39 is 12.1 Å². The van der Waals surface area contributed by atoms with E-state index in [0.29, 0.717) is 6.42 Å². The Bertz CT molecular complexity index is 127. The first kappa shape index (κ1) is 8.53. The van der Waals surface area contributed by atoms with Crippen LogP contribution in [0.3, 0.4) is 0 Å². The maximum absolute atomic E-state index is 10.3. The molecule has 0 heterocycles. The predicted octanol–water partition coefficient (Wildman–Crippen LogP) is 1.40. The molecule has 1 atom stereocenters. The predicted molar refractivity (Wildman–Crippen MR) is 42.4 cm³/mol. The standard InChI is InChI=1S/C8H16O3/c1-2-3-4-5-6-7(9)8(10)11/h7,9H,2-6H2,1H3,(H,10,11)/i9D. The lowest BCUT2D eigenvalue weighted by Crippen LogP contribution is -2.18. The molecular formula is C8H16O3. The molecule has 0 aromatic carbocycles. The molecule has 0 spiro atoms. The first-order valence-corrected chi connectivity index (χ1v) is 4.07. The molecule has 0 aliphatic rings. The van der Waals surface area contributed by atoms with Gasteiger partial charge in [0.05, 0.1) is 0 Å². The Hall–Kier alpha value is -0.570.